The SMILES string of the molecule is CCN(CC(=O)N1CCc2sccc2[C@H]1COc1cccc(F)c1)C(=O)c1cccc(Cl)c1. The lowest BCUT2D eigenvalue weighted by atomic mass is 10.0. The first-order valence-electron chi connectivity index (χ1n) is 10.7. The third kappa shape index (κ3) is 5.37. The van der Waals surface area contributed by atoms with Gasteiger partial charge < -0.3 is 14.5 Å². The van der Waals surface area contributed by atoms with Crippen molar-refractivity contribution < 1.29 is 18.7 Å². The van der Waals surface area contributed by atoms with Gasteiger partial charge in [0.05, 0.1) is 6.04 Å². The first-order valence-corrected chi connectivity index (χ1v) is 12.0. The molecule has 172 valence electrons. The maximum atomic E-state index is 13.6. The second-order valence-electron chi connectivity index (χ2n) is 7.75. The third-order valence-electron chi connectivity index (χ3n) is 5.69. The van der Waals surface area contributed by atoms with E-state index >= 15 is 0 Å². The van der Waals surface area contributed by atoms with Crippen LogP contribution in [-0.4, -0.2) is 47.9 Å². The van der Waals surface area contributed by atoms with Crippen LogP contribution in [0, 0.1) is 5.82 Å². The van der Waals surface area contributed by atoms with Crippen molar-refractivity contribution >= 4 is 34.8 Å². The predicted octanol–water partition coefficient (Wildman–Crippen LogP) is 5.21. The molecule has 0 aliphatic carbocycles. The highest BCUT2D eigenvalue weighted by Gasteiger charge is 2.33. The van der Waals surface area contributed by atoms with Gasteiger partial charge in [-0.05, 0) is 60.7 Å². The maximum absolute atomic E-state index is 13.6. The van der Waals surface area contributed by atoms with Crippen molar-refractivity contribution in [2.75, 3.05) is 26.2 Å². The number of thiophene rings is 1. The van der Waals surface area contributed by atoms with Gasteiger partial charge in [-0.15, -0.1) is 11.3 Å². The van der Waals surface area contributed by atoms with Gasteiger partial charge in [-0.2, -0.15) is 0 Å². The van der Waals surface area contributed by atoms with Crippen molar-refractivity contribution in [2.24, 2.45) is 0 Å². The number of carbonyl (C=O) groups excluding carboxylic acids is 2. The lowest BCUT2D eigenvalue weighted by Gasteiger charge is -2.37. The van der Waals surface area contributed by atoms with Crippen LogP contribution < -0.4 is 4.74 Å². The molecule has 3 aromatic rings. The van der Waals surface area contributed by atoms with E-state index in [1.807, 2.05) is 18.4 Å². The summed E-state index contributed by atoms with van der Waals surface area (Å²) in [5.41, 5.74) is 1.49. The van der Waals surface area contributed by atoms with Crippen LogP contribution in [0.2, 0.25) is 5.02 Å². The minimum absolute atomic E-state index is 0.0439. The second kappa shape index (κ2) is 10.4. The number of halogens is 2. The van der Waals surface area contributed by atoms with Crippen LogP contribution in [0.5, 0.6) is 5.75 Å². The van der Waals surface area contributed by atoms with Gasteiger partial charge in [0.2, 0.25) is 5.91 Å². The standard InChI is InChI=1S/C25H24ClFN2O3S/c1-2-28(25(31)17-5-3-6-18(26)13-17)15-24(30)29-11-9-23-21(10-12-33-23)22(29)16-32-20-8-4-7-19(27)14-20/h3-8,10,12-14,22H,2,9,11,15-16H2,1H3/t22-/m1/s1. The Bertz CT molecular complexity index is 1150. The fourth-order valence-electron chi connectivity index (χ4n) is 3.99. The number of carbonyl (C=O) groups is 2. The molecule has 0 fully saturated rings. The Hall–Kier alpha value is -2.90. The minimum Gasteiger partial charge on any atom is -0.491 e. The van der Waals surface area contributed by atoms with Crippen LogP contribution in [0.3, 0.4) is 0 Å². The Labute approximate surface area is 201 Å². The molecule has 0 saturated heterocycles. The van der Waals surface area contributed by atoms with E-state index in [0.717, 1.165) is 12.0 Å². The quantitative estimate of drug-likeness (QED) is 0.460. The van der Waals surface area contributed by atoms with Crippen molar-refractivity contribution in [3.63, 3.8) is 0 Å². The summed E-state index contributed by atoms with van der Waals surface area (Å²) in [5, 5.41) is 2.48. The van der Waals surface area contributed by atoms with Crippen molar-refractivity contribution in [1.82, 2.24) is 9.80 Å². The zero-order chi connectivity index (χ0) is 23.4. The Kier molecular flexibility index (Phi) is 7.30. The Morgan fingerprint density at radius 3 is 2.79 bits per heavy atom. The van der Waals surface area contributed by atoms with Crippen LogP contribution in [0.25, 0.3) is 0 Å². The number of amides is 2. The monoisotopic (exact) mass is 486 g/mol. The first-order chi connectivity index (χ1) is 16.0. The molecule has 0 radical (unpaired) electrons. The van der Waals surface area contributed by atoms with Gasteiger partial charge in [-0.3, -0.25) is 9.59 Å². The molecule has 2 amide bonds. The number of hydrogen-bond donors (Lipinski definition) is 0. The molecule has 2 heterocycles. The van der Waals surface area contributed by atoms with Crippen LogP contribution in [0.4, 0.5) is 4.39 Å². The van der Waals surface area contributed by atoms with Gasteiger partial charge in [-0.1, -0.05) is 23.7 Å². The van der Waals surface area contributed by atoms with E-state index < -0.39 is 0 Å². The number of likely N-dealkylation sites (N-methyl/N-ethyl adjacent to an activating group) is 1. The summed E-state index contributed by atoms with van der Waals surface area (Å²) in [6.07, 6.45) is 0.754. The Morgan fingerprint density at radius 2 is 2.03 bits per heavy atom. The molecule has 0 bridgehead atoms. The third-order valence-corrected chi connectivity index (χ3v) is 6.92. The fourth-order valence-corrected chi connectivity index (χ4v) is 5.11. The molecule has 1 aliphatic rings. The number of ether oxygens (including phenoxy) is 1. The summed E-state index contributed by atoms with van der Waals surface area (Å²) in [4.78, 5) is 30.8. The summed E-state index contributed by atoms with van der Waals surface area (Å²) >= 11 is 7.69. The minimum atomic E-state index is -0.376. The largest absolute Gasteiger partial charge is 0.491 e. The first kappa shape index (κ1) is 23.3. The van der Waals surface area contributed by atoms with Gasteiger partial charge in [0.1, 0.15) is 24.7 Å². The number of benzene rings is 2. The zero-order valence-electron chi connectivity index (χ0n) is 18.2. The summed E-state index contributed by atoms with van der Waals surface area (Å²) in [6.45, 7) is 2.92. The Morgan fingerprint density at radius 1 is 1.21 bits per heavy atom. The fraction of sp³-hybridized carbons (Fsp3) is 0.280. The number of fused-ring (bicyclic) bond motifs is 1. The molecule has 1 aromatic heterocycles. The average Bonchev–Trinajstić information content (AvgIpc) is 3.29. The summed E-state index contributed by atoms with van der Waals surface area (Å²) in [5.74, 6) is -0.361. The van der Waals surface area contributed by atoms with E-state index in [0.29, 0.717) is 29.4 Å². The van der Waals surface area contributed by atoms with Crippen molar-refractivity contribution in [2.45, 2.75) is 19.4 Å². The van der Waals surface area contributed by atoms with E-state index in [4.69, 9.17) is 16.3 Å². The molecule has 0 N–H and O–H groups in total. The van der Waals surface area contributed by atoms with Gasteiger partial charge >= 0.3 is 0 Å². The van der Waals surface area contributed by atoms with Crippen molar-refractivity contribution in [3.05, 3.63) is 86.8 Å². The second-order valence-corrected chi connectivity index (χ2v) is 9.19. The zero-order valence-corrected chi connectivity index (χ0v) is 19.7. The summed E-state index contributed by atoms with van der Waals surface area (Å²) in [6, 6.07) is 14.4. The predicted molar refractivity (Wildman–Crippen MR) is 127 cm³/mol. The van der Waals surface area contributed by atoms with Crippen LogP contribution in [-0.2, 0) is 11.2 Å². The van der Waals surface area contributed by atoms with Gasteiger partial charge in [0.15, 0.2) is 0 Å². The number of rotatable bonds is 7. The van der Waals surface area contributed by atoms with Gasteiger partial charge in [0.25, 0.3) is 5.91 Å². The molecular weight excluding hydrogens is 463 g/mol. The van der Waals surface area contributed by atoms with Crippen LogP contribution >= 0.6 is 22.9 Å². The van der Waals surface area contributed by atoms with E-state index in [-0.39, 0.29) is 36.8 Å². The lowest BCUT2D eigenvalue weighted by molar-refractivity contribution is -0.135. The molecule has 1 aliphatic heterocycles. The lowest BCUT2D eigenvalue weighted by Crippen LogP contribution is -2.47. The molecule has 0 spiro atoms. The molecule has 0 saturated carbocycles. The van der Waals surface area contributed by atoms with Gasteiger partial charge in [-0.25, -0.2) is 4.39 Å². The van der Waals surface area contributed by atoms with E-state index in [1.54, 1.807) is 52.6 Å². The average molecular weight is 487 g/mol. The summed E-state index contributed by atoms with van der Waals surface area (Å²) in [7, 11) is 0. The van der Waals surface area contributed by atoms with Crippen LogP contribution in [0.15, 0.2) is 60.0 Å². The van der Waals surface area contributed by atoms with Gasteiger partial charge in [0, 0.05) is 34.6 Å². The molecule has 33 heavy (non-hydrogen) atoms. The van der Waals surface area contributed by atoms with Crippen molar-refractivity contribution in [3.8, 4) is 5.75 Å². The van der Waals surface area contributed by atoms with E-state index in [1.165, 1.54) is 21.9 Å². The molecule has 4 rings (SSSR count). The smallest absolute Gasteiger partial charge is 0.254 e. The van der Waals surface area contributed by atoms with E-state index in [2.05, 4.69) is 0 Å². The molecule has 1 atom stereocenters. The van der Waals surface area contributed by atoms with Crippen molar-refractivity contribution in [1.29, 1.82) is 0 Å². The highest BCUT2D eigenvalue weighted by Crippen LogP contribution is 2.34. The topological polar surface area (TPSA) is 49.9 Å². The highest BCUT2D eigenvalue weighted by atomic mass is 35.5. The maximum Gasteiger partial charge on any atom is 0.254 e. The molecule has 0 unspecified atom stereocenters. The van der Waals surface area contributed by atoms with Crippen LogP contribution in [0.1, 0.15) is 33.8 Å². The Balaban J connectivity index is 1.51. The normalized spacial score (nSPS) is 15.1. The number of nitrogens with zero attached hydrogens (tertiary/aromatic N) is 2. The summed E-state index contributed by atoms with van der Waals surface area (Å²) < 4.78 is 19.4. The van der Waals surface area contributed by atoms with E-state index in [9.17, 15) is 14.0 Å². The molecular formula is C25H24ClFN2O3S. The number of hydrogen-bond acceptors (Lipinski definition) is 4. The molecule has 2 aromatic carbocycles. The molecule has 5 nitrogen and oxygen atoms in total. The highest BCUT2D eigenvalue weighted by molar-refractivity contribution is 7.10. The molecule has 8 heteroatoms.